The Labute approximate surface area is 282 Å². The van der Waals surface area contributed by atoms with Crippen LogP contribution in [0.4, 0.5) is 11.4 Å². The first kappa shape index (κ1) is 38.4. The number of ketones is 3. The number of nitrogens with two attached hydrogens (primary N) is 4. The predicted molar refractivity (Wildman–Crippen MR) is 190 cm³/mol. The summed E-state index contributed by atoms with van der Waals surface area (Å²) >= 11 is 13.3. The van der Waals surface area contributed by atoms with Crippen LogP contribution in [0.5, 0.6) is 0 Å². The first-order chi connectivity index (χ1) is 22.0. The van der Waals surface area contributed by atoms with Crippen LogP contribution in [0.3, 0.4) is 0 Å². The molecule has 2 unspecified atom stereocenters. The van der Waals surface area contributed by atoms with Crippen molar-refractivity contribution in [3.63, 3.8) is 0 Å². The molecule has 0 amide bonds. The summed E-state index contributed by atoms with van der Waals surface area (Å²) in [5.41, 5.74) is 23.6. The van der Waals surface area contributed by atoms with Gasteiger partial charge < -0.3 is 32.7 Å². The third-order valence-corrected chi connectivity index (χ3v) is 8.23. The number of para-hydroxylation sites is 2. The molecular formula is C33H48Cl2N8O3. The summed E-state index contributed by atoms with van der Waals surface area (Å²) in [4.78, 5) is 53.7. The van der Waals surface area contributed by atoms with Crippen LogP contribution in [0.1, 0.15) is 52.4 Å². The van der Waals surface area contributed by atoms with Gasteiger partial charge in [-0.1, -0.05) is 50.2 Å². The molecule has 252 valence electrons. The largest absolute Gasteiger partial charge is 0.370 e. The second kappa shape index (κ2) is 20.3. The van der Waals surface area contributed by atoms with Crippen molar-refractivity contribution in [2.45, 2.75) is 75.2 Å². The van der Waals surface area contributed by atoms with E-state index in [2.05, 4.69) is 9.98 Å². The number of alkyl halides is 2. The molecule has 0 saturated carbocycles. The van der Waals surface area contributed by atoms with Gasteiger partial charge in [-0.3, -0.25) is 24.4 Å². The Bertz CT molecular complexity index is 1190. The van der Waals surface area contributed by atoms with Gasteiger partial charge in [0, 0.05) is 37.6 Å². The molecule has 0 spiro atoms. The SMILES string of the molecule is CCCN(c1ccccc1)[C@@H](CCCN=C(N)N)C(=O)C(Cl)C(=O)C(Cl)C(=O)[C@H](CCCN=C(N)N)N(CCC)c1ccccc1. The number of carbonyl (C=O) groups excluding carboxylic acids is 3. The van der Waals surface area contributed by atoms with Gasteiger partial charge in [0.05, 0.1) is 12.1 Å². The van der Waals surface area contributed by atoms with Crippen LogP contribution in [0.25, 0.3) is 0 Å². The summed E-state index contributed by atoms with van der Waals surface area (Å²) in [5, 5.41) is -3.30. The number of benzene rings is 2. The van der Waals surface area contributed by atoms with Crippen LogP contribution >= 0.6 is 23.2 Å². The van der Waals surface area contributed by atoms with Gasteiger partial charge in [0.2, 0.25) is 0 Å². The first-order valence-electron chi connectivity index (χ1n) is 15.7. The Kier molecular flexibility index (Phi) is 16.9. The summed E-state index contributed by atoms with van der Waals surface area (Å²) in [7, 11) is 0. The molecule has 0 fully saturated rings. The molecule has 0 saturated heterocycles. The third-order valence-electron chi connectivity index (χ3n) is 7.37. The van der Waals surface area contributed by atoms with Gasteiger partial charge in [0.1, 0.15) is 0 Å². The van der Waals surface area contributed by atoms with E-state index < -0.39 is 40.2 Å². The van der Waals surface area contributed by atoms with Crippen LogP contribution in [0.15, 0.2) is 70.6 Å². The molecule has 11 nitrogen and oxygen atoms in total. The van der Waals surface area contributed by atoms with E-state index >= 15 is 0 Å². The summed E-state index contributed by atoms with van der Waals surface area (Å²) in [6, 6.07) is 17.3. The zero-order chi connectivity index (χ0) is 34.1. The quantitative estimate of drug-likeness (QED) is 0.0476. The number of halogens is 2. The van der Waals surface area contributed by atoms with Gasteiger partial charge in [0.15, 0.2) is 40.0 Å². The van der Waals surface area contributed by atoms with Gasteiger partial charge in [-0.25, -0.2) is 0 Å². The van der Waals surface area contributed by atoms with Gasteiger partial charge >= 0.3 is 0 Å². The molecule has 0 radical (unpaired) electrons. The minimum atomic E-state index is -1.65. The number of carbonyl (C=O) groups is 3. The van der Waals surface area contributed by atoms with Crippen LogP contribution in [0.2, 0.25) is 0 Å². The second-order valence-electron chi connectivity index (χ2n) is 10.9. The molecule has 4 atom stereocenters. The average molecular weight is 676 g/mol. The standard InChI is InChI=1S/C33H48Cl2N8O3/c1-3-21-42(23-13-7-5-8-14-23)25(17-11-19-40-32(36)37)29(44)27(34)31(46)28(35)30(45)26(18-12-20-41-33(38)39)43(22-4-2)24-15-9-6-10-16-24/h5-10,13-16,25-28H,3-4,11-12,17-22H2,1-2H3,(H4,36,37,40)(H4,38,39,41)/t25-,26-,27?,28?/m0/s1. The maximum absolute atomic E-state index is 14.0. The minimum absolute atomic E-state index is 0.0503. The summed E-state index contributed by atoms with van der Waals surface area (Å²) < 4.78 is 0. The number of rotatable bonds is 22. The van der Waals surface area contributed by atoms with E-state index in [1.807, 2.05) is 84.3 Å². The lowest BCUT2D eigenvalue weighted by Gasteiger charge is -2.35. The molecule has 0 aliphatic carbocycles. The highest BCUT2D eigenvalue weighted by molar-refractivity contribution is 6.53. The van der Waals surface area contributed by atoms with E-state index in [4.69, 9.17) is 46.1 Å². The molecule has 0 aromatic heterocycles. The lowest BCUT2D eigenvalue weighted by Crippen LogP contribution is -2.51. The van der Waals surface area contributed by atoms with Gasteiger partial charge in [-0.2, -0.15) is 0 Å². The highest BCUT2D eigenvalue weighted by Crippen LogP contribution is 2.26. The average Bonchev–Trinajstić information content (AvgIpc) is 3.05. The molecule has 2 aromatic carbocycles. The molecule has 0 aliphatic rings. The van der Waals surface area contributed by atoms with Crippen LogP contribution < -0.4 is 32.7 Å². The van der Waals surface area contributed by atoms with Crippen molar-refractivity contribution < 1.29 is 14.4 Å². The molecule has 8 N–H and O–H groups in total. The van der Waals surface area contributed by atoms with E-state index in [0.29, 0.717) is 51.9 Å². The number of hydrogen-bond acceptors (Lipinski definition) is 7. The normalized spacial score (nSPS) is 13.5. The van der Waals surface area contributed by atoms with Crippen LogP contribution in [-0.2, 0) is 14.4 Å². The highest BCUT2D eigenvalue weighted by Gasteiger charge is 2.41. The number of nitrogens with zero attached hydrogens (tertiary/aromatic N) is 4. The van der Waals surface area contributed by atoms with Gasteiger partial charge in [-0.05, 0) is 62.8 Å². The number of hydrogen-bond donors (Lipinski definition) is 4. The molecular weight excluding hydrogens is 627 g/mol. The summed E-state index contributed by atoms with van der Waals surface area (Å²) in [5.74, 6) is -2.03. The smallest absolute Gasteiger partial charge is 0.185 e. The van der Waals surface area contributed by atoms with Crippen LogP contribution in [0, 0.1) is 0 Å². The van der Waals surface area contributed by atoms with Crippen molar-refractivity contribution in [1.82, 2.24) is 0 Å². The zero-order valence-electron chi connectivity index (χ0n) is 26.7. The van der Waals surface area contributed by atoms with Crippen molar-refractivity contribution >= 4 is 63.8 Å². The Morgan fingerprint density at radius 2 is 0.978 bits per heavy atom. The number of aliphatic imine (C=N–C) groups is 2. The topological polar surface area (TPSA) is 186 Å². The van der Waals surface area contributed by atoms with E-state index in [-0.39, 0.29) is 11.9 Å². The molecule has 2 rings (SSSR count). The van der Waals surface area contributed by atoms with Crippen molar-refractivity contribution in [1.29, 1.82) is 0 Å². The lowest BCUT2D eigenvalue weighted by molar-refractivity contribution is -0.130. The fraction of sp³-hybridized carbons (Fsp3) is 0.485. The predicted octanol–water partition coefficient (Wildman–Crippen LogP) is 3.59. The molecule has 0 heterocycles. The molecule has 0 bridgehead atoms. The Morgan fingerprint density at radius 1 is 0.630 bits per heavy atom. The van der Waals surface area contributed by atoms with Gasteiger partial charge in [0.25, 0.3) is 0 Å². The highest BCUT2D eigenvalue weighted by atomic mass is 35.5. The maximum atomic E-state index is 14.0. The monoisotopic (exact) mass is 674 g/mol. The van der Waals surface area contributed by atoms with Gasteiger partial charge in [-0.15, -0.1) is 23.2 Å². The van der Waals surface area contributed by atoms with E-state index in [1.54, 1.807) is 0 Å². The molecule has 0 aliphatic heterocycles. The van der Waals surface area contributed by atoms with E-state index in [9.17, 15) is 14.4 Å². The minimum Gasteiger partial charge on any atom is -0.370 e. The third kappa shape index (κ3) is 11.8. The van der Waals surface area contributed by atoms with Crippen LogP contribution in [-0.4, -0.2) is 78.3 Å². The lowest BCUT2D eigenvalue weighted by atomic mass is 9.94. The Balaban J connectivity index is 2.39. The Hall–Kier alpha value is -3.83. The molecule has 46 heavy (non-hydrogen) atoms. The summed E-state index contributed by atoms with van der Waals surface area (Å²) in [6.07, 6.45) is 3.05. The number of guanidine groups is 2. The van der Waals surface area contributed by atoms with E-state index in [1.165, 1.54) is 0 Å². The number of Topliss-reactive ketones (excluding diaryl/α,β-unsaturated/α-hetero) is 3. The van der Waals surface area contributed by atoms with Crippen molar-refractivity contribution in [2.75, 3.05) is 36.0 Å². The molecule has 2 aromatic rings. The second-order valence-corrected chi connectivity index (χ2v) is 11.8. The van der Waals surface area contributed by atoms with Crippen molar-refractivity contribution in [3.05, 3.63) is 60.7 Å². The summed E-state index contributed by atoms with van der Waals surface area (Å²) in [6.45, 7) is 5.65. The zero-order valence-corrected chi connectivity index (χ0v) is 28.2. The maximum Gasteiger partial charge on any atom is 0.185 e. The molecule has 13 heteroatoms. The van der Waals surface area contributed by atoms with E-state index in [0.717, 1.165) is 24.2 Å². The van der Waals surface area contributed by atoms with Crippen molar-refractivity contribution in [3.8, 4) is 0 Å². The fourth-order valence-corrected chi connectivity index (χ4v) is 5.89. The number of anilines is 2. The first-order valence-corrected chi connectivity index (χ1v) is 16.5. The fourth-order valence-electron chi connectivity index (χ4n) is 5.29. The van der Waals surface area contributed by atoms with Crippen molar-refractivity contribution in [2.24, 2.45) is 32.9 Å². The Morgan fingerprint density at radius 3 is 1.28 bits per heavy atom.